The van der Waals surface area contributed by atoms with Crippen LogP contribution < -0.4 is 10.1 Å². The van der Waals surface area contributed by atoms with Gasteiger partial charge in [0.2, 0.25) is 0 Å². The molecule has 1 atom stereocenters. The van der Waals surface area contributed by atoms with Crippen molar-refractivity contribution in [3.63, 3.8) is 0 Å². The van der Waals surface area contributed by atoms with E-state index in [9.17, 15) is 9.18 Å². The lowest BCUT2D eigenvalue weighted by molar-refractivity contribution is -0.123. The third-order valence-electron chi connectivity index (χ3n) is 3.01. The Morgan fingerprint density at radius 3 is 2.64 bits per heavy atom. The van der Waals surface area contributed by atoms with Gasteiger partial charge in [-0.2, -0.15) is 0 Å². The fourth-order valence-electron chi connectivity index (χ4n) is 1.83. The maximum Gasteiger partial charge on any atom is 0.258 e. The molecule has 6 heteroatoms. The molecule has 0 saturated heterocycles. The fourth-order valence-corrected chi connectivity index (χ4v) is 2.27. The van der Waals surface area contributed by atoms with Crippen LogP contribution in [0.1, 0.15) is 18.5 Å². The molecule has 2 aromatic rings. The van der Waals surface area contributed by atoms with Crippen LogP contribution in [0.2, 0.25) is 5.02 Å². The zero-order valence-electron chi connectivity index (χ0n) is 11.8. The molecule has 1 N–H and O–H groups in total. The Labute approximate surface area is 141 Å². The minimum Gasteiger partial charge on any atom is -0.484 e. The van der Waals surface area contributed by atoms with Gasteiger partial charge in [0.15, 0.2) is 6.61 Å². The number of hydrogen-bond donors (Lipinski definition) is 1. The highest BCUT2D eigenvalue weighted by atomic mass is 79.9. The fraction of sp³-hybridized carbons (Fsp3) is 0.188. The van der Waals surface area contributed by atoms with E-state index in [1.54, 1.807) is 0 Å². The predicted octanol–water partition coefficient (Wildman–Crippen LogP) is 4.50. The van der Waals surface area contributed by atoms with E-state index in [1.165, 1.54) is 18.2 Å². The molecular weight excluding hydrogens is 373 g/mol. The molecule has 0 unspecified atom stereocenters. The molecule has 0 spiro atoms. The average Bonchev–Trinajstić information content (AvgIpc) is 2.49. The van der Waals surface area contributed by atoms with Crippen molar-refractivity contribution in [2.75, 3.05) is 6.61 Å². The second-order valence-corrected chi connectivity index (χ2v) is 6.03. The monoisotopic (exact) mass is 385 g/mol. The van der Waals surface area contributed by atoms with Gasteiger partial charge in [-0.05, 0) is 36.8 Å². The van der Waals surface area contributed by atoms with E-state index in [1.807, 2.05) is 31.2 Å². The van der Waals surface area contributed by atoms with Crippen molar-refractivity contribution in [2.45, 2.75) is 13.0 Å². The van der Waals surface area contributed by atoms with Crippen molar-refractivity contribution in [3.05, 3.63) is 63.3 Å². The average molecular weight is 387 g/mol. The van der Waals surface area contributed by atoms with Crippen LogP contribution in [0.4, 0.5) is 4.39 Å². The van der Waals surface area contributed by atoms with Gasteiger partial charge in [0.05, 0.1) is 11.1 Å². The van der Waals surface area contributed by atoms with Gasteiger partial charge in [0.25, 0.3) is 5.91 Å². The molecule has 3 nitrogen and oxygen atoms in total. The third kappa shape index (κ3) is 4.71. The zero-order valence-corrected chi connectivity index (χ0v) is 14.1. The van der Waals surface area contributed by atoms with Gasteiger partial charge < -0.3 is 10.1 Å². The molecule has 2 rings (SSSR count). The Morgan fingerprint density at radius 2 is 2.00 bits per heavy atom. The number of hydrogen-bond acceptors (Lipinski definition) is 2. The van der Waals surface area contributed by atoms with Crippen LogP contribution in [0, 0.1) is 5.82 Å². The molecule has 0 fully saturated rings. The highest BCUT2D eigenvalue weighted by Gasteiger charge is 2.10. The van der Waals surface area contributed by atoms with Crippen molar-refractivity contribution in [1.29, 1.82) is 0 Å². The first kappa shape index (κ1) is 16.8. The van der Waals surface area contributed by atoms with Crippen molar-refractivity contribution in [2.24, 2.45) is 0 Å². The number of amides is 1. The molecule has 116 valence electrons. The van der Waals surface area contributed by atoms with Crippen molar-refractivity contribution < 1.29 is 13.9 Å². The lowest BCUT2D eigenvalue weighted by Gasteiger charge is -2.15. The summed E-state index contributed by atoms with van der Waals surface area (Å²) in [4.78, 5) is 11.9. The Hall–Kier alpha value is -1.59. The number of nitrogens with one attached hydrogen (secondary N) is 1. The van der Waals surface area contributed by atoms with E-state index in [2.05, 4.69) is 21.2 Å². The van der Waals surface area contributed by atoms with Gasteiger partial charge in [-0.1, -0.05) is 39.7 Å². The van der Waals surface area contributed by atoms with Gasteiger partial charge in [0.1, 0.15) is 11.6 Å². The molecule has 0 bridgehead atoms. The first-order chi connectivity index (χ1) is 10.5. The highest BCUT2D eigenvalue weighted by Crippen LogP contribution is 2.21. The van der Waals surface area contributed by atoms with E-state index in [4.69, 9.17) is 16.3 Å². The lowest BCUT2D eigenvalue weighted by atomic mass is 10.1. The summed E-state index contributed by atoms with van der Waals surface area (Å²) in [6.07, 6.45) is 0. The second-order valence-electron chi connectivity index (χ2n) is 4.71. The largest absolute Gasteiger partial charge is 0.484 e. The summed E-state index contributed by atoms with van der Waals surface area (Å²) in [6, 6.07) is 11.5. The summed E-state index contributed by atoms with van der Waals surface area (Å²) in [5.41, 5.74) is 0.987. The Morgan fingerprint density at radius 1 is 1.32 bits per heavy atom. The van der Waals surface area contributed by atoms with Crippen molar-refractivity contribution >= 4 is 33.4 Å². The van der Waals surface area contributed by atoms with Gasteiger partial charge >= 0.3 is 0 Å². The van der Waals surface area contributed by atoms with Crippen LogP contribution in [-0.4, -0.2) is 12.5 Å². The second kappa shape index (κ2) is 7.61. The number of ether oxygens (including phenoxy) is 1. The molecule has 0 aliphatic carbocycles. The molecule has 2 aromatic carbocycles. The Bertz CT molecular complexity index is 664. The summed E-state index contributed by atoms with van der Waals surface area (Å²) in [6.45, 7) is 1.72. The van der Waals surface area contributed by atoms with Gasteiger partial charge in [0, 0.05) is 10.5 Å². The van der Waals surface area contributed by atoms with Crippen LogP contribution in [0.5, 0.6) is 5.75 Å². The molecule has 0 heterocycles. The molecule has 0 radical (unpaired) electrons. The van der Waals surface area contributed by atoms with Gasteiger partial charge in [-0.25, -0.2) is 4.39 Å². The molecule has 0 aliphatic heterocycles. The van der Waals surface area contributed by atoms with Crippen molar-refractivity contribution in [1.82, 2.24) is 5.32 Å². The van der Waals surface area contributed by atoms with Gasteiger partial charge in [-0.15, -0.1) is 0 Å². The van der Waals surface area contributed by atoms with E-state index < -0.39 is 5.82 Å². The lowest BCUT2D eigenvalue weighted by Crippen LogP contribution is -2.31. The zero-order chi connectivity index (χ0) is 16.1. The van der Waals surface area contributed by atoms with E-state index in [0.29, 0.717) is 5.75 Å². The Balaban J connectivity index is 1.87. The van der Waals surface area contributed by atoms with Crippen LogP contribution >= 0.6 is 27.5 Å². The molecule has 22 heavy (non-hydrogen) atoms. The summed E-state index contributed by atoms with van der Waals surface area (Å²) >= 11 is 9.01. The number of benzene rings is 2. The van der Waals surface area contributed by atoms with E-state index >= 15 is 0 Å². The quantitative estimate of drug-likeness (QED) is 0.822. The van der Waals surface area contributed by atoms with E-state index in [0.717, 1.165) is 10.0 Å². The first-order valence-electron chi connectivity index (χ1n) is 6.58. The number of halogens is 3. The number of carbonyl (C=O) groups excluding carboxylic acids is 1. The molecule has 0 aromatic heterocycles. The van der Waals surface area contributed by atoms with Crippen LogP contribution in [0.15, 0.2) is 46.9 Å². The standard InChI is InChI=1S/C16H14BrClFNO2/c1-10(11-2-4-12(17)5-3-11)20-16(21)9-22-13-6-7-15(19)14(18)8-13/h2-8,10H,9H2,1H3,(H,20,21)/t10-/m0/s1. The smallest absolute Gasteiger partial charge is 0.258 e. The third-order valence-corrected chi connectivity index (χ3v) is 3.83. The van der Waals surface area contributed by atoms with E-state index in [-0.39, 0.29) is 23.6 Å². The number of carbonyl (C=O) groups is 1. The molecule has 0 aliphatic rings. The van der Waals surface area contributed by atoms with Crippen LogP contribution in [0.25, 0.3) is 0 Å². The molecule has 0 saturated carbocycles. The van der Waals surface area contributed by atoms with Crippen LogP contribution in [0.3, 0.4) is 0 Å². The van der Waals surface area contributed by atoms with Crippen LogP contribution in [-0.2, 0) is 4.79 Å². The number of rotatable bonds is 5. The molecular formula is C16H14BrClFNO2. The normalized spacial score (nSPS) is 11.8. The maximum absolute atomic E-state index is 13.0. The SMILES string of the molecule is C[C@H](NC(=O)COc1ccc(F)c(Cl)c1)c1ccc(Br)cc1. The topological polar surface area (TPSA) is 38.3 Å². The molecule has 1 amide bonds. The summed E-state index contributed by atoms with van der Waals surface area (Å²) in [7, 11) is 0. The minimum atomic E-state index is -0.526. The predicted molar refractivity (Wildman–Crippen MR) is 87.6 cm³/mol. The summed E-state index contributed by atoms with van der Waals surface area (Å²) < 4.78 is 19.3. The Kier molecular flexibility index (Phi) is 5.80. The summed E-state index contributed by atoms with van der Waals surface area (Å²) in [5.74, 6) is -0.448. The minimum absolute atomic E-state index is 0.0406. The van der Waals surface area contributed by atoms with Gasteiger partial charge in [-0.3, -0.25) is 4.79 Å². The summed E-state index contributed by atoms with van der Waals surface area (Å²) in [5, 5.41) is 2.78. The highest BCUT2D eigenvalue weighted by molar-refractivity contribution is 9.10. The first-order valence-corrected chi connectivity index (χ1v) is 7.75. The van der Waals surface area contributed by atoms with Crippen molar-refractivity contribution in [3.8, 4) is 5.75 Å². The maximum atomic E-state index is 13.0.